The van der Waals surface area contributed by atoms with E-state index in [2.05, 4.69) is 54.0 Å². The smallest absolute Gasteiger partial charge is 0.0558 e. The lowest BCUT2D eigenvalue weighted by Crippen LogP contribution is -2.48. The van der Waals surface area contributed by atoms with Crippen LogP contribution in [0.1, 0.15) is 38.7 Å². The van der Waals surface area contributed by atoms with Gasteiger partial charge in [0.2, 0.25) is 0 Å². The second-order valence-corrected chi connectivity index (χ2v) is 6.42. The lowest BCUT2D eigenvalue weighted by atomic mass is 10.00. The molecule has 1 saturated heterocycles. The molecule has 0 saturated carbocycles. The van der Waals surface area contributed by atoms with Crippen molar-refractivity contribution in [2.75, 3.05) is 26.2 Å². The molecule has 1 heterocycles. The summed E-state index contributed by atoms with van der Waals surface area (Å²) in [6.45, 7) is 8.81. The molecule has 3 nitrogen and oxygen atoms in total. The zero-order valence-electron chi connectivity index (χ0n) is 13.5. The van der Waals surface area contributed by atoms with Gasteiger partial charge in [-0.3, -0.25) is 9.80 Å². The lowest BCUT2D eigenvalue weighted by Gasteiger charge is -2.40. The van der Waals surface area contributed by atoms with E-state index in [1.807, 2.05) is 0 Å². The van der Waals surface area contributed by atoms with Crippen LogP contribution in [0.3, 0.4) is 0 Å². The monoisotopic (exact) mass is 290 g/mol. The maximum absolute atomic E-state index is 9.26. The molecule has 1 N–H and O–H groups in total. The van der Waals surface area contributed by atoms with E-state index >= 15 is 0 Å². The Bertz CT molecular complexity index is 393. The Morgan fingerprint density at radius 1 is 1.24 bits per heavy atom. The highest BCUT2D eigenvalue weighted by Crippen LogP contribution is 2.21. The van der Waals surface area contributed by atoms with Crippen molar-refractivity contribution in [3.05, 3.63) is 35.9 Å². The Balaban J connectivity index is 1.97. The Hall–Kier alpha value is -0.900. The Labute approximate surface area is 129 Å². The first kappa shape index (κ1) is 16.5. The predicted octanol–water partition coefficient (Wildman–Crippen LogP) is 2.74. The van der Waals surface area contributed by atoms with Gasteiger partial charge in [-0.25, -0.2) is 0 Å². The summed E-state index contributed by atoms with van der Waals surface area (Å²) in [7, 11) is 0. The molecule has 0 unspecified atom stereocenters. The number of aliphatic hydroxyl groups excluding tert-OH is 1. The van der Waals surface area contributed by atoms with E-state index in [0.29, 0.717) is 12.1 Å². The maximum atomic E-state index is 9.26. The third-order valence-corrected chi connectivity index (χ3v) is 4.54. The van der Waals surface area contributed by atoms with E-state index in [1.54, 1.807) is 0 Å². The summed E-state index contributed by atoms with van der Waals surface area (Å²) >= 11 is 0. The van der Waals surface area contributed by atoms with Crippen molar-refractivity contribution < 1.29 is 5.11 Å². The number of likely N-dealkylation sites (tertiary alicyclic amines) is 1. The van der Waals surface area contributed by atoms with Gasteiger partial charge in [-0.05, 0) is 38.8 Å². The Morgan fingerprint density at radius 2 is 2.00 bits per heavy atom. The van der Waals surface area contributed by atoms with Crippen molar-refractivity contribution in [2.45, 2.75) is 51.7 Å². The van der Waals surface area contributed by atoms with Gasteiger partial charge in [0.25, 0.3) is 0 Å². The molecule has 1 atom stereocenters. The van der Waals surface area contributed by atoms with Crippen LogP contribution in [0.5, 0.6) is 0 Å². The molecule has 21 heavy (non-hydrogen) atoms. The number of hydrogen-bond acceptors (Lipinski definition) is 3. The van der Waals surface area contributed by atoms with Gasteiger partial charge in [0.1, 0.15) is 0 Å². The van der Waals surface area contributed by atoms with Gasteiger partial charge in [-0.1, -0.05) is 36.8 Å². The molecule has 3 heteroatoms. The third-order valence-electron chi connectivity index (χ3n) is 4.54. The van der Waals surface area contributed by atoms with E-state index < -0.39 is 0 Å². The molecule has 1 aliphatic heterocycles. The minimum Gasteiger partial charge on any atom is -0.395 e. The van der Waals surface area contributed by atoms with E-state index in [1.165, 1.54) is 31.4 Å². The van der Waals surface area contributed by atoms with Crippen molar-refractivity contribution in [3.63, 3.8) is 0 Å². The lowest BCUT2D eigenvalue weighted by molar-refractivity contribution is 0.0752. The Kier molecular flexibility index (Phi) is 6.68. The van der Waals surface area contributed by atoms with Gasteiger partial charge in [-0.2, -0.15) is 0 Å². The Morgan fingerprint density at radius 3 is 2.67 bits per heavy atom. The van der Waals surface area contributed by atoms with Crippen molar-refractivity contribution in [1.82, 2.24) is 9.80 Å². The zero-order valence-corrected chi connectivity index (χ0v) is 13.5. The quantitative estimate of drug-likeness (QED) is 0.836. The molecule has 0 aliphatic carbocycles. The molecule has 1 aromatic carbocycles. The zero-order chi connectivity index (χ0) is 15.1. The molecule has 1 aromatic rings. The highest BCUT2D eigenvalue weighted by atomic mass is 16.3. The van der Waals surface area contributed by atoms with Crippen LogP contribution < -0.4 is 0 Å². The summed E-state index contributed by atoms with van der Waals surface area (Å²) in [5.74, 6) is 0. The average molecular weight is 290 g/mol. The van der Waals surface area contributed by atoms with Gasteiger partial charge in [-0.15, -0.1) is 0 Å². The van der Waals surface area contributed by atoms with Gasteiger partial charge >= 0.3 is 0 Å². The van der Waals surface area contributed by atoms with Crippen LogP contribution >= 0.6 is 0 Å². The highest BCUT2D eigenvalue weighted by molar-refractivity contribution is 5.14. The molecule has 118 valence electrons. The van der Waals surface area contributed by atoms with Crippen LogP contribution in [-0.4, -0.2) is 53.2 Å². The number of nitrogens with zero attached hydrogens (tertiary/aromatic N) is 2. The van der Waals surface area contributed by atoms with Crippen LogP contribution in [-0.2, 0) is 6.54 Å². The first-order valence-corrected chi connectivity index (χ1v) is 8.33. The summed E-state index contributed by atoms with van der Waals surface area (Å²) < 4.78 is 0. The van der Waals surface area contributed by atoms with Crippen molar-refractivity contribution in [3.8, 4) is 0 Å². The molecule has 0 amide bonds. The fourth-order valence-electron chi connectivity index (χ4n) is 3.25. The maximum Gasteiger partial charge on any atom is 0.0558 e. The molecular formula is C18H30N2O. The fraction of sp³-hybridized carbons (Fsp3) is 0.667. The molecule has 0 bridgehead atoms. The standard InChI is InChI=1S/C18H30N2O/c1-16(2)19(12-13-21)15-18-10-6-7-11-20(18)14-17-8-4-3-5-9-17/h3-5,8-9,16,18,21H,6-7,10-15H2,1-2H3/t18-/m0/s1. The molecule has 1 fully saturated rings. The number of rotatable bonds is 7. The van der Waals surface area contributed by atoms with Gasteiger partial charge in [0, 0.05) is 31.7 Å². The fourth-order valence-corrected chi connectivity index (χ4v) is 3.25. The van der Waals surface area contributed by atoms with Crippen LogP contribution in [0.4, 0.5) is 0 Å². The largest absolute Gasteiger partial charge is 0.395 e. The first-order valence-electron chi connectivity index (χ1n) is 8.33. The molecule has 0 aromatic heterocycles. The van der Waals surface area contributed by atoms with Crippen LogP contribution in [0.2, 0.25) is 0 Å². The summed E-state index contributed by atoms with van der Waals surface area (Å²) in [6.07, 6.45) is 3.92. The minimum atomic E-state index is 0.254. The second-order valence-electron chi connectivity index (χ2n) is 6.42. The number of piperidine rings is 1. The van der Waals surface area contributed by atoms with E-state index in [4.69, 9.17) is 0 Å². The average Bonchev–Trinajstić information content (AvgIpc) is 2.49. The normalized spacial score (nSPS) is 20.3. The summed E-state index contributed by atoms with van der Waals surface area (Å²) in [6, 6.07) is 11.9. The SMILES string of the molecule is CC(C)N(CCO)C[C@@H]1CCCCN1Cc1ccccc1. The van der Waals surface area contributed by atoms with E-state index in [9.17, 15) is 5.11 Å². The van der Waals surface area contributed by atoms with Gasteiger partial charge in [0.15, 0.2) is 0 Å². The molecule has 2 rings (SSSR count). The van der Waals surface area contributed by atoms with Crippen molar-refractivity contribution >= 4 is 0 Å². The number of hydrogen-bond donors (Lipinski definition) is 1. The van der Waals surface area contributed by atoms with Crippen molar-refractivity contribution in [2.24, 2.45) is 0 Å². The number of benzene rings is 1. The molecular weight excluding hydrogens is 260 g/mol. The second kappa shape index (κ2) is 8.52. The molecule has 0 radical (unpaired) electrons. The van der Waals surface area contributed by atoms with Crippen LogP contribution in [0.25, 0.3) is 0 Å². The summed E-state index contributed by atoms with van der Waals surface area (Å²) in [5, 5.41) is 9.26. The predicted molar refractivity (Wildman–Crippen MR) is 88.3 cm³/mol. The van der Waals surface area contributed by atoms with Crippen LogP contribution in [0.15, 0.2) is 30.3 Å². The van der Waals surface area contributed by atoms with E-state index in [0.717, 1.165) is 19.6 Å². The summed E-state index contributed by atoms with van der Waals surface area (Å²) in [4.78, 5) is 5.04. The number of aliphatic hydroxyl groups is 1. The molecule has 1 aliphatic rings. The van der Waals surface area contributed by atoms with Gasteiger partial charge < -0.3 is 5.11 Å². The third kappa shape index (κ3) is 5.10. The molecule has 0 spiro atoms. The van der Waals surface area contributed by atoms with Crippen molar-refractivity contribution in [1.29, 1.82) is 0 Å². The topological polar surface area (TPSA) is 26.7 Å². The highest BCUT2D eigenvalue weighted by Gasteiger charge is 2.25. The summed E-state index contributed by atoms with van der Waals surface area (Å²) in [5.41, 5.74) is 1.41. The first-order chi connectivity index (χ1) is 10.2. The van der Waals surface area contributed by atoms with E-state index in [-0.39, 0.29) is 6.61 Å². The minimum absolute atomic E-state index is 0.254. The van der Waals surface area contributed by atoms with Crippen LogP contribution in [0, 0.1) is 0 Å². The van der Waals surface area contributed by atoms with Gasteiger partial charge in [0.05, 0.1) is 6.61 Å².